The molecule has 3 fully saturated rings. The highest BCUT2D eigenvalue weighted by molar-refractivity contribution is 4.95. The Morgan fingerprint density at radius 1 is 0.697 bits per heavy atom. The number of hydrogen-bond acceptors (Lipinski definition) is 15. The summed E-state index contributed by atoms with van der Waals surface area (Å²) in [6.45, 7) is -2.63. The molecule has 0 radical (unpaired) electrons. The van der Waals surface area contributed by atoms with Crippen LogP contribution in [0.1, 0.15) is 6.42 Å². The van der Waals surface area contributed by atoms with Gasteiger partial charge in [-0.05, 0) is 0 Å². The van der Waals surface area contributed by atoms with E-state index in [1.54, 1.807) is 0 Å². The van der Waals surface area contributed by atoms with E-state index in [0.717, 1.165) is 0 Å². The van der Waals surface area contributed by atoms with E-state index >= 15 is 0 Å². The van der Waals surface area contributed by atoms with Crippen LogP contribution in [0.5, 0.6) is 0 Å². The van der Waals surface area contributed by atoms with Crippen LogP contribution in [0, 0.1) is 0 Å². The Morgan fingerprint density at radius 3 is 1.82 bits per heavy atom. The van der Waals surface area contributed by atoms with Crippen LogP contribution in [-0.2, 0) is 23.7 Å². The van der Waals surface area contributed by atoms with Crippen LogP contribution in [0.4, 0.5) is 0 Å². The monoisotopic (exact) mass is 488 g/mol. The second-order valence-corrected chi connectivity index (χ2v) is 8.31. The number of ether oxygens (including phenoxy) is 5. The lowest BCUT2D eigenvalue weighted by molar-refractivity contribution is -0.387. The zero-order valence-corrected chi connectivity index (χ0v) is 17.5. The van der Waals surface area contributed by atoms with E-state index in [-0.39, 0.29) is 6.42 Å². The first kappa shape index (κ1) is 27.0. The number of hydrogen-bond donors (Lipinski definition) is 10. The quantitative estimate of drug-likeness (QED) is 0.152. The van der Waals surface area contributed by atoms with Crippen LogP contribution in [0.3, 0.4) is 0 Å². The molecule has 0 aromatic heterocycles. The van der Waals surface area contributed by atoms with Gasteiger partial charge in [-0.2, -0.15) is 0 Å². The Morgan fingerprint density at radius 2 is 1.27 bits per heavy atom. The largest absolute Gasteiger partial charge is 0.394 e. The molecule has 0 spiro atoms. The average molecular weight is 488 g/mol. The van der Waals surface area contributed by atoms with Crippen molar-refractivity contribution in [2.45, 2.75) is 85.8 Å². The van der Waals surface area contributed by atoms with E-state index in [1.165, 1.54) is 0 Å². The van der Waals surface area contributed by atoms with Crippen molar-refractivity contribution in [2.24, 2.45) is 0 Å². The van der Waals surface area contributed by atoms with Crippen molar-refractivity contribution in [3.63, 3.8) is 0 Å². The van der Waals surface area contributed by atoms with Crippen molar-refractivity contribution < 1.29 is 74.7 Å². The Labute approximate surface area is 187 Å². The molecule has 15 nitrogen and oxygen atoms in total. The molecule has 0 aromatic carbocycles. The van der Waals surface area contributed by atoms with Crippen molar-refractivity contribution in [1.82, 2.24) is 0 Å². The summed E-state index contributed by atoms with van der Waals surface area (Å²) in [5.74, 6) is -2.08. The molecule has 7 unspecified atom stereocenters. The second-order valence-electron chi connectivity index (χ2n) is 8.31. The molecule has 15 heteroatoms. The van der Waals surface area contributed by atoms with Gasteiger partial charge in [0.2, 0.25) is 5.79 Å². The molecule has 3 aliphatic heterocycles. The third kappa shape index (κ3) is 5.32. The van der Waals surface area contributed by atoms with E-state index in [1.807, 2.05) is 0 Å². The van der Waals surface area contributed by atoms with Gasteiger partial charge < -0.3 is 74.7 Å². The Hall–Kier alpha value is -0.600. The minimum absolute atomic E-state index is 0.0886. The van der Waals surface area contributed by atoms with Gasteiger partial charge in [-0.1, -0.05) is 0 Å². The Bertz CT molecular complexity index is 624. The SMILES string of the molecule is OCC1C[C@@H](O)[C@](CO)(O[C@@H]2OC(CO[C@H]3OC(CO)[C@H](O)C(O)C3O)[C@@H](O)C(O)C2O)O1. The highest BCUT2D eigenvalue weighted by atomic mass is 16.8. The number of aliphatic hydroxyl groups excluding tert-OH is 10. The van der Waals surface area contributed by atoms with Crippen LogP contribution in [-0.4, -0.2) is 157 Å². The van der Waals surface area contributed by atoms with Gasteiger partial charge in [0.15, 0.2) is 12.6 Å². The summed E-state index contributed by atoms with van der Waals surface area (Å²) >= 11 is 0. The maximum absolute atomic E-state index is 10.3. The molecule has 10 N–H and O–H groups in total. The first-order chi connectivity index (χ1) is 15.6. The van der Waals surface area contributed by atoms with E-state index in [9.17, 15) is 51.1 Å². The van der Waals surface area contributed by atoms with Gasteiger partial charge in [0.05, 0.1) is 25.9 Å². The molecule has 0 amide bonds. The summed E-state index contributed by atoms with van der Waals surface area (Å²) in [4.78, 5) is 0. The molecule has 194 valence electrons. The maximum atomic E-state index is 10.3. The van der Waals surface area contributed by atoms with Crippen LogP contribution >= 0.6 is 0 Å². The summed E-state index contributed by atoms with van der Waals surface area (Å²) in [5, 5.41) is 98.9. The van der Waals surface area contributed by atoms with Gasteiger partial charge in [0, 0.05) is 6.42 Å². The molecule has 0 aromatic rings. The van der Waals surface area contributed by atoms with Crippen LogP contribution in [0.25, 0.3) is 0 Å². The van der Waals surface area contributed by atoms with Crippen LogP contribution < -0.4 is 0 Å². The van der Waals surface area contributed by atoms with Gasteiger partial charge in [-0.3, -0.25) is 0 Å². The molecule has 33 heavy (non-hydrogen) atoms. The number of rotatable bonds is 8. The lowest BCUT2D eigenvalue weighted by atomic mass is 9.98. The zero-order chi connectivity index (χ0) is 24.5. The third-order valence-corrected chi connectivity index (χ3v) is 6.04. The van der Waals surface area contributed by atoms with E-state index in [2.05, 4.69) is 0 Å². The maximum Gasteiger partial charge on any atom is 0.221 e. The minimum atomic E-state index is -2.08. The fraction of sp³-hybridized carbons (Fsp3) is 1.00. The lowest BCUT2D eigenvalue weighted by Gasteiger charge is -2.44. The predicted molar refractivity (Wildman–Crippen MR) is 99.9 cm³/mol. The minimum Gasteiger partial charge on any atom is -0.394 e. The molecule has 3 aliphatic rings. The molecule has 13 atom stereocenters. The standard InChI is InChI=1S/C18H32O15/c19-2-6-1-9(22)18(5-21,32-6)33-17-15(28)13(26)11(24)8(31-17)4-29-16-14(27)12(25)10(23)7(3-20)30-16/h6-17,19-28H,1-5H2/t6?,7?,8?,9-,10+,11-,12?,13?,14?,15?,16+,17+,18+/m1/s1. The summed E-state index contributed by atoms with van der Waals surface area (Å²) in [6.07, 6.45) is -18.7. The fourth-order valence-corrected chi connectivity index (χ4v) is 3.98. The molecule has 3 saturated heterocycles. The lowest BCUT2D eigenvalue weighted by Crippen LogP contribution is -2.63. The third-order valence-electron chi connectivity index (χ3n) is 6.04. The van der Waals surface area contributed by atoms with E-state index in [0.29, 0.717) is 0 Å². The summed E-state index contributed by atoms with van der Waals surface area (Å²) < 4.78 is 26.8. The first-order valence-corrected chi connectivity index (χ1v) is 10.5. The van der Waals surface area contributed by atoms with Crippen molar-refractivity contribution in [1.29, 1.82) is 0 Å². The van der Waals surface area contributed by atoms with Gasteiger partial charge in [-0.15, -0.1) is 0 Å². The second kappa shape index (κ2) is 11.0. The smallest absolute Gasteiger partial charge is 0.221 e. The Kier molecular flexibility index (Phi) is 8.99. The van der Waals surface area contributed by atoms with Crippen molar-refractivity contribution in [3.05, 3.63) is 0 Å². The van der Waals surface area contributed by atoms with Crippen LogP contribution in [0.15, 0.2) is 0 Å². The van der Waals surface area contributed by atoms with Crippen molar-refractivity contribution in [2.75, 3.05) is 26.4 Å². The van der Waals surface area contributed by atoms with Crippen molar-refractivity contribution in [3.8, 4) is 0 Å². The highest BCUT2D eigenvalue weighted by Gasteiger charge is 2.54. The van der Waals surface area contributed by atoms with Gasteiger partial charge >= 0.3 is 0 Å². The van der Waals surface area contributed by atoms with Gasteiger partial charge in [0.1, 0.15) is 61.5 Å². The normalized spacial score (nSPS) is 51.1. The number of aliphatic hydroxyl groups is 10. The highest BCUT2D eigenvalue weighted by Crippen LogP contribution is 2.36. The van der Waals surface area contributed by atoms with Crippen LogP contribution in [0.2, 0.25) is 0 Å². The summed E-state index contributed by atoms with van der Waals surface area (Å²) in [6, 6.07) is 0. The molecule has 0 aliphatic carbocycles. The fourth-order valence-electron chi connectivity index (χ4n) is 3.98. The van der Waals surface area contributed by atoms with E-state index < -0.39 is 106 Å². The summed E-state index contributed by atoms with van der Waals surface area (Å²) in [5.41, 5.74) is 0. The van der Waals surface area contributed by atoms with Crippen molar-refractivity contribution >= 4 is 0 Å². The molecule has 0 saturated carbocycles. The topological polar surface area (TPSA) is 248 Å². The molecular weight excluding hydrogens is 456 g/mol. The van der Waals surface area contributed by atoms with E-state index in [4.69, 9.17) is 23.7 Å². The summed E-state index contributed by atoms with van der Waals surface area (Å²) in [7, 11) is 0. The molecule has 0 bridgehead atoms. The van der Waals surface area contributed by atoms with Gasteiger partial charge in [-0.25, -0.2) is 0 Å². The van der Waals surface area contributed by atoms with Gasteiger partial charge in [0.25, 0.3) is 0 Å². The first-order valence-electron chi connectivity index (χ1n) is 10.5. The average Bonchev–Trinajstić information content (AvgIpc) is 3.13. The predicted octanol–water partition coefficient (Wildman–Crippen LogP) is -6.54. The molecule has 3 rings (SSSR count). The molecule has 3 heterocycles. The zero-order valence-electron chi connectivity index (χ0n) is 17.5. The molecular formula is C18H32O15. The Balaban J connectivity index is 1.67.